The van der Waals surface area contributed by atoms with Crippen LogP contribution in [0.2, 0.25) is 0 Å². The van der Waals surface area contributed by atoms with Gasteiger partial charge in [0, 0.05) is 20.6 Å². The van der Waals surface area contributed by atoms with Gasteiger partial charge in [-0.1, -0.05) is 37.9 Å². The van der Waals surface area contributed by atoms with Crippen molar-refractivity contribution in [3.63, 3.8) is 0 Å². The molecule has 2 nitrogen and oxygen atoms in total. The lowest BCUT2D eigenvalue weighted by atomic mass is 10.0. The van der Waals surface area contributed by atoms with Crippen molar-refractivity contribution in [1.29, 1.82) is 0 Å². The molecule has 3 N–H and O–H groups in total. The maximum Gasteiger partial charge on any atom is 0.122 e. The first-order chi connectivity index (χ1) is 7.06. The summed E-state index contributed by atoms with van der Waals surface area (Å²) in [4.78, 5) is 0. The summed E-state index contributed by atoms with van der Waals surface area (Å²) in [5.41, 5.74) is 6.73. The van der Waals surface area contributed by atoms with Crippen molar-refractivity contribution >= 4 is 44.3 Å². The molecule has 0 saturated carbocycles. The molecule has 0 fully saturated rings. The van der Waals surface area contributed by atoms with Gasteiger partial charge in [0.15, 0.2) is 0 Å². The summed E-state index contributed by atoms with van der Waals surface area (Å²) in [7, 11) is 0. The summed E-state index contributed by atoms with van der Waals surface area (Å²) >= 11 is 6.70. The zero-order valence-corrected chi connectivity index (χ0v) is 12.6. The molecule has 1 aromatic rings. The van der Waals surface area contributed by atoms with Crippen LogP contribution in [0.5, 0.6) is 5.75 Å². The Morgan fingerprint density at radius 3 is 2.56 bits per heavy atom. The van der Waals surface area contributed by atoms with Crippen LogP contribution in [0.4, 0.5) is 0 Å². The first-order valence-corrected chi connectivity index (χ1v) is 6.19. The molecule has 0 saturated heterocycles. The predicted octanol–water partition coefficient (Wildman–Crippen LogP) is 4.31. The smallest absolute Gasteiger partial charge is 0.122 e. The molecular formula is C11H14Br2ClNO. The molecule has 0 amide bonds. The summed E-state index contributed by atoms with van der Waals surface area (Å²) < 4.78 is 1.65. The summed E-state index contributed by atoms with van der Waals surface area (Å²) in [6.45, 7) is 3.65. The molecule has 0 unspecified atom stereocenters. The van der Waals surface area contributed by atoms with Gasteiger partial charge in [0.2, 0.25) is 0 Å². The maximum atomic E-state index is 9.78. The molecule has 0 heterocycles. The third kappa shape index (κ3) is 4.09. The number of phenols is 1. The van der Waals surface area contributed by atoms with Gasteiger partial charge in [-0.2, -0.15) is 0 Å². The van der Waals surface area contributed by atoms with Crippen LogP contribution in [0.3, 0.4) is 0 Å². The van der Waals surface area contributed by atoms with Crippen molar-refractivity contribution in [3.8, 4) is 5.75 Å². The lowest BCUT2D eigenvalue weighted by Gasteiger charge is -2.15. The fourth-order valence-electron chi connectivity index (χ4n) is 1.38. The van der Waals surface area contributed by atoms with E-state index in [1.165, 1.54) is 0 Å². The van der Waals surface area contributed by atoms with Crippen LogP contribution in [0.1, 0.15) is 24.4 Å². The number of hydrogen-bond donors (Lipinski definition) is 2. The van der Waals surface area contributed by atoms with Crippen LogP contribution in [0.15, 0.2) is 33.7 Å². The van der Waals surface area contributed by atoms with E-state index in [0.717, 1.165) is 27.4 Å². The van der Waals surface area contributed by atoms with E-state index in [-0.39, 0.29) is 24.2 Å². The van der Waals surface area contributed by atoms with Gasteiger partial charge >= 0.3 is 0 Å². The van der Waals surface area contributed by atoms with Crippen LogP contribution in [-0.2, 0) is 0 Å². The van der Waals surface area contributed by atoms with E-state index in [4.69, 9.17) is 5.73 Å². The van der Waals surface area contributed by atoms with Crippen molar-refractivity contribution in [3.05, 3.63) is 39.3 Å². The number of phenolic OH excluding ortho intramolecular Hbond substituents is 1. The Labute approximate surface area is 119 Å². The normalized spacial score (nSPS) is 11.7. The van der Waals surface area contributed by atoms with E-state index in [1.807, 2.05) is 12.1 Å². The minimum Gasteiger partial charge on any atom is -0.508 e. The average molecular weight is 371 g/mol. The Bertz CT molecular complexity index is 348. The van der Waals surface area contributed by atoms with Gasteiger partial charge in [0.1, 0.15) is 5.75 Å². The molecule has 0 aliphatic rings. The Hall–Kier alpha value is -0.0300. The Kier molecular flexibility index (Phi) is 7.31. The standard InChI is InChI=1S/C11H13Br2NO.ClH/c1-2-3-4-9(14)11-8(13)5-7(12)6-10(11)15;/h2,5-6,9,15H,1,3-4,14H2;1H/t9-;/m1./s1. The molecule has 90 valence electrons. The van der Waals surface area contributed by atoms with Crippen LogP contribution in [0.25, 0.3) is 0 Å². The molecule has 5 heteroatoms. The molecule has 0 aromatic heterocycles. The van der Waals surface area contributed by atoms with E-state index in [2.05, 4.69) is 38.4 Å². The van der Waals surface area contributed by atoms with Crippen molar-refractivity contribution < 1.29 is 5.11 Å². The summed E-state index contributed by atoms with van der Waals surface area (Å²) in [5, 5.41) is 9.78. The number of aromatic hydroxyl groups is 1. The monoisotopic (exact) mass is 369 g/mol. The van der Waals surface area contributed by atoms with E-state index in [1.54, 1.807) is 6.07 Å². The zero-order chi connectivity index (χ0) is 11.4. The molecule has 1 atom stereocenters. The third-order valence-corrected chi connectivity index (χ3v) is 3.24. The lowest BCUT2D eigenvalue weighted by molar-refractivity contribution is 0.457. The zero-order valence-electron chi connectivity index (χ0n) is 8.62. The second kappa shape index (κ2) is 7.33. The highest BCUT2D eigenvalue weighted by Crippen LogP contribution is 2.35. The number of allylic oxidation sites excluding steroid dienone is 1. The van der Waals surface area contributed by atoms with E-state index < -0.39 is 0 Å². The van der Waals surface area contributed by atoms with Crippen LogP contribution in [0, 0.1) is 0 Å². The first kappa shape index (κ1) is 16.0. The molecule has 0 spiro atoms. The fraction of sp³-hybridized carbons (Fsp3) is 0.273. The largest absolute Gasteiger partial charge is 0.508 e. The molecule has 0 bridgehead atoms. The van der Waals surface area contributed by atoms with Gasteiger partial charge in [-0.25, -0.2) is 0 Å². The summed E-state index contributed by atoms with van der Waals surface area (Å²) in [6.07, 6.45) is 3.43. The summed E-state index contributed by atoms with van der Waals surface area (Å²) in [6, 6.07) is 3.35. The molecule has 0 aliphatic heterocycles. The second-order valence-electron chi connectivity index (χ2n) is 3.29. The van der Waals surface area contributed by atoms with Gasteiger partial charge in [0.05, 0.1) is 0 Å². The van der Waals surface area contributed by atoms with E-state index >= 15 is 0 Å². The fourth-order valence-corrected chi connectivity index (χ4v) is 2.88. The highest BCUT2D eigenvalue weighted by molar-refractivity contribution is 9.11. The topological polar surface area (TPSA) is 46.2 Å². The van der Waals surface area contributed by atoms with Gasteiger partial charge in [0.25, 0.3) is 0 Å². The summed E-state index contributed by atoms with van der Waals surface area (Å²) in [5.74, 6) is 0.216. The number of rotatable bonds is 4. The first-order valence-electron chi connectivity index (χ1n) is 4.60. The van der Waals surface area contributed by atoms with Gasteiger partial charge < -0.3 is 10.8 Å². The average Bonchev–Trinajstić information content (AvgIpc) is 2.12. The highest BCUT2D eigenvalue weighted by atomic mass is 79.9. The Morgan fingerprint density at radius 1 is 1.44 bits per heavy atom. The minimum absolute atomic E-state index is 0. The van der Waals surface area contributed by atoms with Crippen LogP contribution < -0.4 is 5.73 Å². The Morgan fingerprint density at radius 2 is 2.06 bits per heavy atom. The molecule has 0 aliphatic carbocycles. The molecule has 0 radical (unpaired) electrons. The van der Waals surface area contributed by atoms with Crippen molar-refractivity contribution in [2.45, 2.75) is 18.9 Å². The van der Waals surface area contributed by atoms with E-state index in [0.29, 0.717) is 0 Å². The maximum absolute atomic E-state index is 9.78. The number of hydrogen-bond acceptors (Lipinski definition) is 2. The van der Waals surface area contributed by atoms with Gasteiger partial charge in [-0.3, -0.25) is 0 Å². The number of nitrogens with two attached hydrogens (primary N) is 1. The highest BCUT2D eigenvalue weighted by Gasteiger charge is 2.14. The van der Waals surface area contributed by atoms with Gasteiger partial charge in [-0.15, -0.1) is 19.0 Å². The third-order valence-electron chi connectivity index (χ3n) is 2.13. The van der Waals surface area contributed by atoms with Crippen molar-refractivity contribution in [2.75, 3.05) is 0 Å². The number of halogens is 3. The predicted molar refractivity (Wildman–Crippen MR) is 77.1 cm³/mol. The molecular weight excluding hydrogens is 357 g/mol. The van der Waals surface area contributed by atoms with Crippen LogP contribution >= 0.6 is 44.3 Å². The molecule has 1 aromatic carbocycles. The Balaban J connectivity index is 0.00000225. The van der Waals surface area contributed by atoms with Crippen molar-refractivity contribution in [2.24, 2.45) is 5.73 Å². The second-order valence-corrected chi connectivity index (χ2v) is 5.06. The SMILES string of the molecule is C=CCC[C@@H](N)c1c(O)cc(Br)cc1Br.Cl. The lowest BCUT2D eigenvalue weighted by Crippen LogP contribution is -2.10. The molecule has 1 rings (SSSR count). The quantitative estimate of drug-likeness (QED) is 0.775. The number of benzene rings is 1. The molecule has 16 heavy (non-hydrogen) atoms. The van der Waals surface area contributed by atoms with Gasteiger partial charge in [-0.05, 0) is 25.0 Å². The van der Waals surface area contributed by atoms with Crippen LogP contribution in [-0.4, -0.2) is 5.11 Å². The van der Waals surface area contributed by atoms with Crippen molar-refractivity contribution in [1.82, 2.24) is 0 Å². The van der Waals surface area contributed by atoms with E-state index in [9.17, 15) is 5.11 Å². The minimum atomic E-state index is -0.175.